The molecule has 0 fully saturated rings. The SMILES string of the molecule is N#Cc1c(F)cccc1NCCNC(=O)CCc1ncc(-c2ccc(Cl)cc2)o1. The van der Waals surface area contributed by atoms with Crippen LogP contribution in [0.5, 0.6) is 0 Å². The molecular formula is C21H18ClFN4O2. The van der Waals surface area contributed by atoms with Crippen LogP contribution in [0, 0.1) is 17.1 Å². The Balaban J connectivity index is 1.41. The van der Waals surface area contributed by atoms with E-state index < -0.39 is 5.82 Å². The average Bonchev–Trinajstić information content (AvgIpc) is 3.19. The number of aryl methyl sites for hydroxylation is 1. The molecule has 1 aromatic heterocycles. The Morgan fingerprint density at radius 2 is 2.00 bits per heavy atom. The van der Waals surface area contributed by atoms with Crippen molar-refractivity contribution >= 4 is 23.2 Å². The quantitative estimate of drug-likeness (QED) is 0.542. The molecule has 29 heavy (non-hydrogen) atoms. The molecule has 2 N–H and O–H groups in total. The van der Waals surface area contributed by atoms with Crippen molar-refractivity contribution in [2.75, 3.05) is 18.4 Å². The van der Waals surface area contributed by atoms with Crippen molar-refractivity contribution in [2.24, 2.45) is 0 Å². The number of benzene rings is 2. The van der Waals surface area contributed by atoms with Crippen LogP contribution in [0.4, 0.5) is 10.1 Å². The van der Waals surface area contributed by atoms with Gasteiger partial charge in [-0.25, -0.2) is 9.37 Å². The molecule has 0 aliphatic carbocycles. The van der Waals surface area contributed by atoms with E-state index in [2.05, 4.69) is 15.6 Å². The molecule has 0 atom stereocenters. The smallest absolute Gasteiger partial charge is 0.220 e. The Bertz CT molecular complexity index is 1030. The molecule has 3 rings (SSSR count). The third-order valence-corrected chi connectivity index (χ3v) is 4.39. The minimum Gasteiger partial charge on any atom is -0.441 e. The van der Waals surface area contributed by atoms with Gasteiger partial charge >= 0.3 is 0 Å². The maximum atomic E-state index is 13.5. The predicted molar refractivity (Wildman–Crippen MR) is 108 cm³/mol. The van der Waals surface area contributed by atoms with Gasteiger partial charge in [-0.2, -0.15) is 5.26 Å². The van der Waals surface area contributed by atoms with Crippen LogP contribution in [-0.4, -0.2) is 24.0 Å². The Hall–Kier alpha value is -3.37. The van der Waals surface area contributed by atoms with Gasteiger partial charge in [0.2, 0.25) is 5.91 Å². The maximum absolute atomic E-state index is 13.5. The number of hydrogen-bond donors (Lipinski definition) is 2. The lowest BCUT2D eigenvalue weighted by molar-refractivity contribution is -0.121. The van der Waals surface area contributed by atoms with Crippen LogP contribution in [0.3, 0.4) is 0 Å². The predicted octanol–water partition coefficient (Wildman–Crippen LogP) is 4.17. The summed E-state index contributed by atoms with van der Waals surface area (Å²) in [6, 6.07) is 13.4. The van der Waals surface area contributed by atoms with E-state index in [1.807, 2.05) is 18.2 Å². The first-order valence-corrected chi connectivity index (χ1v) is 9.34. The summed E-state index contributed by atoms with van der Waals surface area (Å²) in [5.41, 5.74) is 1.22. The number of anilines is 1. The number of nitrogens with one attached hydrogen (secondary N) is 2. The normalized spacial score (nSPS) is 10.4. The Morgan fingerprint density at radius 3 is 2.76 bits per heavy atom. The second-order valence-corrected chi connectivity index (χ2v) is 6.61. The van der Waals surface area contributed by atoms with E-state index in [9.17, 15) is 9.18 Å². The number of amides is 1. The summed E-state index contributed by atoms with van der Waals surface area (Å²) in [6.07, 6.45) is 2.21. The summed E-state index contributed by atoms with van der Waals surface area (Å²) >= 11 is 5.87. The first-order valence-electron chi connectivity index (χ1n) is 8.96. The van der Waals surface area contributed by atoms with E-state index in [0.29, 0.717) is 41.9 Å². The van der Waals surface area contributed by atoms with E-state index in [4.69, 9.17) is 21.3 Å². The molecule has 1 heterocycles. The minimum atomic E-state index is -0.578. The fourth-order valence-corrected chi connectivity index (χ4v) is 2.79. The third-order valence-electron chi connectivity index (χ3n) is 4.14. The summed E-state index contributed by atoms with van der Waals surface area (Å²) in [5.74, 6) is 0.356. The van der Waals surface area contributed by atoms with Crippen LogP contribution in [-0.2, 0) is 11.2 Å². The van der Waals surface area contributed by atoms with Crippen LogP contribution in [0.2, 0.25) is 5.02 Å². The zero-order chi connectivity index (χ0) is 20.6. The van der Waals surface area contributed by atoms with Gasteiger partial charge in [-0.15, -0.1) is 0 Å². The van der Waals surface area contributed by atoms with Gasteiger partial charge in [-0.05, 0) is 36.4 Å². The molecule has 0 saturated heterocycles. The number of carbonyl (C=O) groups excluding carboxylic acids is 1. The lowest BCUT2D eigenvalue weighted by Gasteiger charge is -2.09. The van der Waals surface area contributed by atoms with Gasteiger partial charge in [0.25, 0.3) is 0 Å². The number of aromatic nitrogens is 1. The molecule has 148 valence electrons. The molecule has 0 bridgehead atoms. The fourth-order valence-electron chi connectivity index (χ4n) is 2.67. The molecule has 3 aromatic rings. The van der Waals surface area contributed by atoms with Crippen molar-refractivity contribution in [3.63, 3.8) is 0 Å². The van der Waals surface area contributed by atoms with E-state index >= 15 is 0 Å². The van der Waals surface area contributed by atoms with Crippen molar-refractivity contribution in [1.29, 1.82) is 5.26 Å². The van der Waals surface area contributed by atoms with Gasteiger partial charge in [-0.3, -0.25) is 4.79 Å². The van der Waals surface area contributed by atoms with Gasteiger partial charge < -0.3 is 15.1 Å². The Labute approximate surface area is 172 Å². The maximum Gasteiger partial charge on any atom is 0.220 e. The van der Waals surface area contributed by atoms with Gasteiger partial charge in [-0.1, -0.05) is 17.7 Å². The summed E-state index contributed by atoms with van der Waals surface area (Å²) < 4.78 is 19.2. The van der Waals surface area contributed by atoms with Gasteiger partial charge in [0.05, 0.1) is 11.9 Å². The molecule has 0 unspecified atom stereocenters. The topological polar surface area (TPSA) is 91.0 Å². The highest BCUT2D eigenvalue weighted by molar-refractivity contribution is 6.30. The summed E-state index contributed by atoms with van der Waals surface area (Å²) in [7, 11) is 0. The van der Waals surface area contributed by atoms with Gasteiger partial charge in [0, 0.05) is 36.5 Å². The number of oxazole rings is 1. The first kappa shape index (κ1) is 20.4. The molecule has 0 aliphatic rings. The first-order chi connectivity index (χ1) is 14.1. The Morgan fingerprint density at radius 1 is 1.21 bits per heavy atom. The molecule has 0 radical (unpaired) electrons. The van der Waals surface area contributed by atoms with E-state index in [-0.39, 0.29) is 17.9 Å². The summed E-state index contributed by atoms with van der Waals surface area (Å²) in [5, 5.41) is 15.3. The van der Waals surface area contributed by atoms with Gasteiger partial charge in [0.15, 0.2) is 11.7 Å². The zero-order valence-electron chi connectivity index (χ0n) is 15.4. The Kier molecular flexibility index (Phi) is 6.82. The van der Waals surface area contributed by atoms with Crippen LogP contribution in [0.15, 0.2) is 53.1 Å². The molecular weight excluding hydrogens is 395 g/mol. The highest BCUT2D eigenvalue weighted by Crippen LogP contribution is 2.22. The van der Waals surface area contributed by atoms with Crippen molar-refractivity contribution in [3.05, 3.63) is 71.0 Å². The molecule has 6 nitrogen and oxygen atoms in total. The molecule has 0 saturated carbocycles. The van der Waals surface area contributed by atoms with Crippen LogP contribution < -0.4 is 10.6 Å². The third kappa shape index (κ3) is 5.56. The average molecular weight is 413 g/mol. The fraction of sp³-hybridized carbons (Fsp3) is 0.190. The van der Waals surface area contributed by atoms with Crippen LogP contribution in [0.25, 0.3) is 11.3 Å². The molecule has 2 aromatic carbocycles. The molecule has 0 spiro atoms. The summed E-state index contributed by atoms with van der Waals surface area (Å²) in [4.78, 5) is 16.2. The molecule has 0 aliphatic heterocycles. The minimum absolute atomic E-state index is 0.0424. The number of rotatable bonds is 8. The van der Waals surface area contributed by atoms with E-state index in [1.165, 1.54) is 12.1 Å². The van der Waals surface area contributed by atoms with E-state index in [1.54, 1.807) is 24.4 Å². The zero-order valence-corrected chi connectivity index (χ0v) is 16.2. The van der Waals surface area contributed by atoms with E-state index in [0.717, 1.165) is 5.56 Å². The molecule has 1 amide bonds. The molecule has 8 heteroatoms. The van der Waals surface area contributed by atoms with Gasteiger partial charge in [0.1, 0.15) is 17.4 Å². The number of hydrogen-bond acceptors (Lipinski definition) is 5. The monoisotopic (exact) mass is 412 g/mol. The highest BCUT2D eigenvalue weighted by atomic mass is 35.5. The van der Waals surface area contributed by atoms with Crippen molar-refractivity contribution in [3.8, 4) is 17.4 Å². The number of halogens is 2. The number of nitrogens with zero attached hydrogens (tertiary/aromatic N) is 2. The number of carbonyl (C=O) groups is 1. The van der Waals surface area contributed by atoms with Crippen LogP contribution >= 0.6 is 11.6 Å². The lowest BCUT2D eigenvalue weighted by atomic mass is 10.2. The van der Waals surface area contributed by atoms with Crippen molar-refractivity contribution in [2.45, 2.75) is 12.8 Å². The van der Waals surface area contributed by atoms with Crippen molar-refractivity contribution in [1.82, 2.24) is 10.3 Å². The largest absolute Gasteiger partial charge is 0.441 e. The van der Waals surface area contributed by atoms with Crippen LogP contribution in [0.1, 0.15) is 17.9 Å². The number of nitriles is 1. The second kappa shape index (κ2) is 9.71. The lowest BCUT2D eigenvalue weighted by Crippen LogP contribution is -2.29. The highest BCUT2D eigenvalue weighted by Gasteiger charge is 2.10. The second-order valence-electron chi connectivity index (χ2n) is 6.18. The summed E-state index contributed by atoms with van der Waals surface area (Å²) in [6.45, 7) is 0.700. The van der Waals surface area contributed by atoms with Crippen molar-refractivity contribution < 1.29 is 13.6 Å². The standard InChI is InChI=1S/C21H18ClFN4O2/c22-15-6-4-14(5-7-15)19-13-27-21(29-19)9-8-20(28)26-11-10-25-18-3-1-2-17(23)16(18)12-24/h1-7,13,25H,8-11H2,(H,26,28).